The van der Waals surface area contributed by atoms with E-state index in [-0.39, 0.29) is 5.91 Å². The number of ether oxygens (including phenoxy) is 3. The van der Waals surface area contributed by atoms with Crippen LogP contribution in [0.1, 0.15) is 39.0 Å². The summed E-state index contributed by atoms with van der Waals surface area (Å²) in [5.41, 5.74) is 4.57. The maximum absolute atomic E-state index is 12.4. The number of aryl methyl sites for hydroxylation is 1. The third kappa shape index (κ3) is 4.08. The lowest BCUT2D eigenvalue weighted by Gasteiger charge is -2.16. The number of hydrazone groups is 1. The SMILES string of the molecule is COc1ccc(/C=N/NC(=O)c2cc3c(s2)CCC(C)C3)c(OC)c1OC. The van der Waals surface area contributed by atoms with Gasteiger partial charge in [0.1, 0.15) is 0 Å². The molecule has 2 aromatic rings. The van der Waals surface area contributed by atoms with Gasteiger partial charge in [0.05, 0.1) is 32.4 Å². The fourth-order valence-electron chi connectivity index (χ4n) is 3.26. The van der Waals surface area contributed by atoms with Crippen molar-refractivity contribution in [2.45, 2.75) is 26.2 Å². The van der Waals surface area contributed by atoms with Gasteiger partial charge < -0.3 is 14.2 Å². The second-order valence-corrected chi connectivity index (χ2v) is 7.67. The number of nitrogens with zero attached hydrogens (tertiary/aromatic N) is 1. The van der Waals surface area contributed by atoms with Gasteiger partial charge in [-0.15, -0.1) is 11.3 Å². The minimum absolute atomic E-state index is 0.197. The summed E-state index contributed by atoms with van der Waals surface area (Å²) in [7, 11) is 4.65. The number of carbonyl (C=O) groups is 1. The van der Waals surface area contributed by atoms with Crippen molar-refractivity contribution in [1.29, 1.82) is 0 Å². The van der Waals surface area contributed by atoms with Gasteiger partial charge >= 0.3 is 0 Å². The van der Waals surface area contributed by atoms with E-state index in [9.17, 15) is 4.79 Å². The van der Waals surface area contributed by atoms with Gasteiger partial charge in [-0.1, -0.05) is 6.92 Å². The zero-order chi connectivity index (χ0) is 19.4. The van der Waals surface area contributed by atoms with Gasteiger partial charge in [0, 0.05) is 10.4 Å². The summed E-state index contributed by atoms with van der Waals surface area (Å²) < 4.78 is 16.0. The quantitative estimate of drug-likeness (QED) is 0.606. The van der Waals surface area contributed by atoms with E-state index in [1.54, 1.807) is 44.8 Å². The molecule has 6 nitrogen and oxygen atoms in total. The standard InChI is InChI=1S/C20H24N2O4S/c1-12-5-8-16-14(9-12)10-17(27-16)20(23)22-21-11-13-6-7-15(24-2)19(26-4)18(13)25-3/h6-7,10-12H,5,8-9H2,1-4H3,(H,22,23)/b21-11+. The zero-order valence-corrected chi connectivity index (χ0v) is 16.8. The Morgan fingerprint density at radius 1 is 1.22 bits per heavy atom. The van der Waals surface area contributed by atoms with Crippen molar-refractivity contribution >= 4 is 23.5 Å². The fraction of sp³-hybridized carbons (Fsp3) is 0.400. The van der Waals surface area contributed by atoms with Crippen molar-refractivity contribution in [3.05, 3.63) is 39.1 Å². The molecule has 1 N–H and O–H groups in total. The highest BCUT2D eigenvalue weighted by atomic mass is 32.1. The van der Waals surface area contributed by atoms with Gasteiger partial charge in [0.2, 0.25) is 5.75 Å². The second kappa shape index (κ2) is 8.43. The molecule has 0 bridgehead atoms. The summed E-state index contributed by atoms with van der Waals surface area (Å²) in [6, 6.07) is 5.55. The number of thiophene rings is 1. The highest BCUT2D eigenvalue weighted by molar-refractivity contribution is 7.14. The molecule has 1 aromatic heterocycles. The number of carbonyl (C=O) groups excluding carboxylic acids is 1. The van der Waals surface area contributed by atoms with Crippen LogP contribution >= 0.6 is 11.3 Å². The number of hydrogen-bond donors (Lipinski definition) is 1. The average Bonchev–Trinajstić information content (AvgIpc) is 3.10. The number of amides is 1. The van der Waals surface area contributed by atoms with Crippen LogP contribution in [-0.4, -0.2) is 33.5 Å². The van der Waals surface area contributed by atoms with Crippen LogP contribution in [0, 0.1) is 5.92 Å². The molecule has 1 amide bonds. The molecule has 0 aliphatic heterocycles. The molecule has 27 heavy (non-hydrogen) atoms. The highest BCUT2D eigenvalue weighted by Crippen LogP contribution is 2.39. The molecule has 3 rings (SSSR count). The summed E-state index contributed by atoms with van der Waals surface area (Å²) in [4.78, 5) is 14.4. The van der Waals surface area contributed by atoms with Gasteiger partial charge in [-0.2, -0.15) is 5.10 Å². The Hall–Kier alpha value is -2.54. The van der Waals surface area contributed by atoms with Crippen LogP contribution in [0.5, 0.6) is 17.2 Å². The second-order valence-electron chi connectivity index (χ2n) is 6.53. The van der Waals surface area contributed by atoms with Gasteiger partial charge in [-0.3, -0.25) is 4.79 Å². The molecule has 1 heterocycles. The van der Waals surface area contributed by atoms with E-state index in [1.165, 1.54) is 23.1 Å². The molecule has 0 spiro atoms. The molecule has 144 valence electrons. The monoisotopic (exact) mass is 388 g/mol. The summed E-state index contributed by atoms with van der Waals surface area (Å²) >= 11 is 1.56. The van der Waals surface area contributed by atoms with Crippen molar-refractivity contribution in [3.8, 4) is 17.2 Å². The third-order valence-corrected chi connectivity index (χ3v) is 5.89. The van der Waals surface area contributed by atoms with Crippen molar-refractivity contribution in [2.24, 2.45) is 11.0 Å². The molecule has 1 aromatic carbocycles. The smallest absolute Gasteiger partial charge is 0.281 e. The first-order valence-corrected chi connectivity index (χ1v) is 9.63. The molecule has 0 saturated heterocycles. The Kier molecular flexibility index (Phi) is 6.01. The molecule has 1 aliphatic carbocycles. The van der Waals surface area contributed by atoms with E-state index < -0.39 is 0 Å². The summed E-state index contributed by atoms with van der Waals surface area (Å²) in [5, 5.41) is 4.08. The molecular weight excluding hydrogens is 364 g/mol. The van der Waals surface area contributed by atoms with Crippen molar-refractivity contribution < 1.29 is 19.0 Å². The Balaban J connectivity index is 1.73. The predicted octanol–water partition coefficient (Wildman–Crippen LogP) is 3.66. The first kappa shape index (κ1) is 19.2. The van der Waals surface area contributed by atoms with Crippen LogP contribution in [0.15, 0.2) is 23.3 Å². The minimum atomic E-state index is -0.197. The van der Waals surface area contributed by atoms with Crippen LogP contribution in [0.25, 0.3) is 0 Å². The molecule has 0 saturated carbocycles. The lowest BCUT2D eigenvalue weighted by Crippen LogP contribution is -2.16. The van der Waals surface area contributed by atoms with Crippen LogP contribution in [-0.2, 0) is 12.8 Å². The van der Waals surface area contributed by atoms with Crippen LogP contribution in [0.3, 0.4) is 0 Å². The Bertz CT molecular complexity index is 860. The lowest BCUT2D eigenvalue weighted by molar-refractivity contribution is 0.0959. The fourth-order valence-corrected chi connectivity index (χ4v) is 4.36. The number of benzene rings is 1. The predicted molar refractivity (Wildman–Crippen MR) is 107 cm³/mol. The summed E-state index contributed by atoms with van der Waals surface area (Å²) in [6.45, 7) is 2.25. The molecule has 1 unspecified atom stereocenters. The number of hydrogen-bond acceptors (Lipinski definition) is 6. The number of fused-ring (bicyclic) bond motifs is 1. The van der Waals surface area contributed by atoms with E-state index in [4.69, 9.17) is 14.2 Å². The van der Waals surface area contributed by atoms with Gasteiger partial charge in [-0.25, -0.2) is 5.43 Å². The molecule has 0 fully saturated rings. The third-order valence-electron chi connectivity index (χ3n) is 4.66. The number of nitrogens with one attached hydrogen (secondary N) is 1. The van der Waals surface area contributed by atoms with E-state index in [0.717, 1.165) is 12.8 Å². The molecule has 7 heteroatoms. The molecule has 0 radical (unpaired) electrons. The van der Waals surface area contributed by atoms with Crippen molar-refractivity contribution in [1.82, 2.24) is 5.43 Å². The number of methoxy groups -OCH3 is 3. The van der Waals surface area contributed by atoms with Gasteiger partial charge in [0.25, 0.3) is 5.91 Å². The van der Waals surface area contributed by atoms with Crippen molar-refractivity contribution in [3.63, 3.8) is 0 Å². The highest BCUT2D eigenvalue weighted by Gasteiger charge is 2.20. The first-order chi connectivity index (χ1) is 13.1. The summed E-state index contributed by atoms with van der Waals surface area (Å²) in [5.74, 6) is 2.02. The number of rotatable bonds is 6. The maximum Gasteiger partial charge on any atom is 0.281 e. The largest absolute Gasteiger partial charge is 0.493 e. The zero-order valence-electron chi connectivity index (χ0n) is 16.0. The minimum Gasteiger partial charge on any atom is -0.493 e. The van der Waals surface area contributed by atoms with Gasteiger partial charge in [0.15, 0.2) is 11.5 Å². The summed E-state index contributed by atoms with van der Waals surface area (Å²) in [6.07, 6.45) is 4.83. The van der Waals surface area contributed by atoms with E-state index in [1.807, 2.05) is 6.07 Å². The van der Waals surface area contributed by atoms with Crippen molar-refractivity contribution in [2.75, 3.05) is 21.3 Å². The Morgan fingerprint density at radius 2 is 2.00 bits per heavy atom. The lowest BCUT2D eigenvalue weighted by atomic mass is 9.90. The molecule has 1 aliphatic rings. The van der Waals surface area contributed by atoms with Crippen LogP contribution < -0.4 is 19.6 Å². The molecular formula is C20H24N2O4S. The topological polar surface area (TPSA) is 69.2 Å². The van der Waals surface area contributed by atoms with E-state index in [2.05, 4.69) is 17.5 Å². The van der Waals surface area contributed by atoms with E-state index in [0.29, 0.717) is 33.6 Å². The van der Waals surface area contributed by atoms with Crippen LogP contribution in [0.4, 0.5) is 0 Å². The Morgan fingerprint density at radius 3 is 2.70 bits per heavy atom. The Labute approximate surface area is 163 Å². The van der Waals surface area contributed by atoms with Gasteiger partial charge in [-0.05, 0) is 48.9 Å². The molecule has 1 atom stereocenters. The van der Waals surface area contributed by atoms with Crippen LogP contribution in [0.2, 0.25) is 0 Å². The first-order valence-electron chi connectivity index (χ1n) is 8.81. The average molecular weight is 388 g/mol. The maximum atomic E-state index is 12.4. The van der Waals surface area contributed by atoms with E-state index >= 15 is 0 Å². The normalized spacial score (nSPS) is 16.1.